The van der Waals surface area contributed by atoms with Crippen LogP contribution in [0.1, 0.15) is 88.3 Å². The fourth-order valence-corrected chi connectivity index (χ4v) is 11.0. The molecule has 3 aromatic carbocycles. The molecule has 2 saturated heterocycles. The van der Waals surface area contributed by atoms with E-state index in [1.165, 1.54) is 43.8 Å². The molecule has 10 rings (SSSR count). The zero-order valence-electron chi connectivity index (χ0n) is 40.5. The lowest BCUT2D eigenvalue weighted by atomic mass is 10.0. The zero-order chi connectivity index (χ0) is 50.5. The Hall–Kier alpha value is -7.61. The number of aromatic amines is 2. The summed E-state index contributed by atoms with van der Waals surface area (Å²) in [6, 6.07) is 14.9. The van der Waals surface area contributed by atoms with E-state index in [9.17, 15) is 23.6 Å². The molecule has 4 aromatic heterocycles. The number of alkyl carbamates (subject to hydrolysis) is 2. The number of aromatic nitrogens is 6. The fourth-order valence-electron chi connectivity index (χ4n) is 10.1. The van der Waals surface area contributed by atoms with Crippen molar-refractivity contribution in [1.82, 2.24) is 49.9 Å². The van der Waals surface area contributed by atoms with Crippen LogP contribution in [0, 0.1) is 23.5 Å². The van der Waals surface area contributed by atoms with Crippen molar-refractivity contribution in [3.05, 3.63) is 108 Å². The molecule has 0 bridgehead atoms. The first kappa shape index (κ1) is 48.0. The quantitative estimate of drug-likeness (QED) is 0.0914. The SMILES string of the molecule is COC(=O)N[C@H](C(=O)N1CCC[C@H]1c1ncc(-c2cc(F)c3c(c2)OC(c2ncc(-c4ccc(F)cc4)s2)n2c-3cc3cc(-c4cnc([C@@H]5CCCN5C(=O)[C@@H](NC(=O)OC)C(C)C)[nH]4)ccc32)[nH]1)C(C)C. The molecule has 5 atom stereocenters. The van der Waals surface area contributed by atoms with Crippen molar-refractivity contribution < 1.29 is 42.2 Å². The van der Waals surface area contributed by atoms with E-state index in [4.69, 9.17) is 24.2 Å². The molecule has 17 nitrogen and oxygen atoms in total. The van der Waals surface area contributed by atoms with Gasteiger partial charge in [-0.05, 0) is 85.5 Å². The molecule has 374 valence electrons. The number of ether oxygens (including phenoxy) is 3. The number of carbonyl (C=O) groups is 4. The van der Waals surface area contributed by atoms with Gasteiger partial charge in [0.25, 0.3) is 0 Å². The number of nitrogens with one attached hydrogen (secondary N) is 4. The molecule has 4 amide bonds. The average Bonchev–Trinajstić information content (AvgIpc) is 4.24. The van der Waals surface area contributed by atoms with Crippen LogP contribution in [0.3, 0.4) is 0 Å². The summed E-state index contributed by atoms with van der Waals surface area (Å²) >= 11 is 1.39. The number of thiazole rings is 1. The van der Waals surface area contributed by atoms with E-state index in [1.54, 1.807) is 46.6 Å². The average molecular weight is 1000 g/mol. The van der Waals surface area contributed by atoms with E-state index in [0.29, 0.717) is 59.5 Å². The van der Waals surface area contributed by atoms with E-state index in [1.807, 2.05) is 56.5 Å². The first-order chi connectivity index (χ1) is 34.7. The number of nitrogens with zero attached hydrogens (tertiary/aromatic N) is 6. The van der Waals surface area contributed by atoms with Crippen LogP contribution in [0.15, 0.2) is 79.3 Å². The molecule has 1 unspecified atom stereocenters. The van der Waals surface area contributed by atoms with E-state index in [0.717, 1.165) is 45.4 Å². The summed E-state index contributed by atoms with van der Waals surface area (Å²) < 4.78 is 49.3. The molecule has 7 aromatic rings. The van der Waals surface area contributed by atoms with Crippen LogP contribution < -0.4 is 15.4 Å². The smallest absolute Gasteiger partial charge is 0.407 e. The second-order valence-electron chi connectivity index (χ2n) is 19.0. The molecule has 0 aliphatic carbocycles. The third-order valence-electron chi connectivity index (χ3n) is 13.8. The van der Waals surface area contributed by atoms with Crippen molar-refractivity contribution in [3.8, 4) is 50.0 Å². The lowest BCUT2D eigenvalue weighted by Crippen LogP contribution is -2.51. The summed E-state index contributed by atoms with van der Waals surface area (Å²) in [7, 11) is 2.52. The minimum atomic E-state index is -0.833. The molecule has 3 aliphatic rings. The number of hydrogen-bond acceptors (Lipinski definition) is 11. The summed E-state index contributed by atoms with van der Waals surface area (Å²) in [5.74, 6) is -0.271. The third kappa shape index (κ3) is 8.92. The lowest BCUT2D eigenvalue weighted by Gasteiger charge is -2.30. The number of hydrogen-bond donors (Lipinski definition) is 4. The molecule has 72 heavy (non-hydrogen) atoms. The Balaban J connectivity index is 0.987. The van der Waals surface area contributed by atoms with E-state index in [2.05, 4.69) is 25.6 Å². The second-order valence-corrected chi connectivity index (χ2v) is 20.1. The molecule has 0 saturated carbocycles. The number of benzene rings is 3. The first-order valence-corrected chi connectivity index (χ1v) is 24.8. The predicted octanol–water partition coefficient (Wildman–Crippen LogP) is 9.52. The van der Waals surface area contributed by atoms with Crippen LogP contribution >= 0.6 is 11.3 Å². The Bertz CT molecular complexity index is 3200. The monoisotopic (exact) mass is 1000 g/mol. The van der Waals surface area contributed by atoms with Gasteiger partial charge >= 0.3 is 12.2 Å². The number of amides is 4. The van der Waals surface area contributed by atoms with Gasteiger partial charge in [-0.2, -0.15) is 0 Å². The summed E-state index contributed by atoms with van der Waals surface area (Å²) in [6.07, 6.45) is 5.72. The molecule has 2 fully saturated rings. The Kier molecular flexibility index (Phi) is 13.0. The van der Waals surface area contributed by atoms with E-state index >= 15 is 4.39 Å². The van der Waals surface area contributed by atoms with Gasteiger partial charge in [-0.3, -0.25) is 14.2 Å². The number of rotatable bonds is 12. The van der Waals surface area contributed by atoms with E-state index < -0.39 is 42.4 Å². The van der Waals surface area contributed by atoms with Gasteiger partial charge in [0.1, 0.15) is 41.1 Å². The fraction of sp³-hybridized carbons (Fsp3) is 0.365. The number of methoxy groups -OCH3 is 2. The molecule has 20 heteroatoms. The summed E-state index contributed by atoms with van der Waals surface area (Å²) in [5.41, 5.74) is 4.88. The van der Waals surface area contributed by atoms with Gasteiger partial charge in [0.05, 0.1) is 71.7 Å². The molecule has 0 spiro atoms. The highest BCUT2D eigenvalue weighted by Gasteiger charge is 2.40. The third-order valence-corrected chi connectivity index (χ3v) is 14.9. The van der Waals surface area contributed by atoms with Crippen molar-refractivity contribution in [1.29, 1.82) is 0 Å². The molecular weight excluding hydrogens is 947 g/mol. The Labute approximate surface area is 417 Å². The van der Waals surface area contributed by atoms with Crippen molar-refractivity contribution in [2.24, 2.45) is 11.8 Å². The molecule has 3 aliphatic heterocycles. The number of fused-ring (bicyclic) bond motifs is 5. The van der Waals surface area contributed by atoms with Crippen molar-refractivity contribution in [2.45, 2.75) is 83.8 Å². The number of imidazole rings is 2. The van der Waals surface area contributed by atoms with E-state index in [-0.39, 0.29) is 46.8 Å². The summed E-state index contributed by atoms with van der Waals surface area (Å²) in [4.78, 5) is 77.3. The minimum Gasteiger partial charge on any atom is -0.462 e. The maximum Gasteiger partial charge on any atom is 0.407 e. The van der Waals surface area contributed by atoms with Crippen molar-refractivity contribution in [3.63, 3.8) is 0 Å². The van der Waals surface area contributed by atoms with Crippen LogP contribution in [-0.4, -0.2) is 103 Å². The van der Waals surface area contributed by atoms with Gasteiger partial charge in [0.15, 0.2) is 5.01 Å². The van der Waals surface area contributed by atoms with Gasteiger partial charge in [-0.25, -0.2) is 33.3 Å². The lowest BCUT2D eigenvalue weighted by molar-refractivity contribution is -0.136. The van der Waals surface area contributed by atoms with Gasteiger partial charge < -0.3 is 44.6 Å². The molecular formula is C52H54F2N10O7S. The molecule has 0 radical (unpaired) electrons. The van der Waals surface area contributed by atoms with Crippen LogP contribution in [0.4, 0.5) is 18.4 Å². The normalized spacial score (nSPS) is 18.2. The number of halogens is 2. The van der Waals surface area contributed by atoms with Gasteiger partial charge in [-0.15, -0.1) is 11.3 Å². The zero-order valence-corrected chi connectivity index (χ0v) is 41.3. The van der Waals surface area contributed by atoms with Gasteiger partial charge in [-0.1, -0.05) is 45.9 Å². The second kappa shape index (κ2) is 19.5. The first-order valence-electron chi connectivity index (χ1n) is 24.0. The Morgan fingerprint density at radius 3 is 1.86 bits per heavy atom. The van der Waals surface area contributed by atoms with Crippen molar-refractivity contribution >= 4 is 46.2 Å². The standard InChI is InChI=1S/C52H54F2N10O7S/c1-26(2)43(60-51(67)69-5)48(65)62-17-7-9-37(62)45-55-23-34(58-45)29-13-16-36-31(19-29)21-39-42-33(54)20-30(22-40(42)71-50(64(36)39)47-57-25-41(72-47)28-11-14-32(53)15-12-28)35-24-56-46(59-35)38-10-8-18-63(38)49(66)44(27(3)4)61-52(68)70-6/h11-16,19-27,37-38,43-44,50H,7-10,17-18H2,1-6H3,(H,55,58)(H,56,59)(H,60,67)(H,61,68)/t37-,38-,43-,44-,50?/m0/s1. The van der Waals surface area contributed by atoms with Gasteiger partial charge in [0, 0.05) is 35.8 Å². The summed E-state index contributed by atoms with van der Waals surface area (Å²) in [6.45, 7) is 8.45. The molecule has 7 heterocycles. The van der Waals surface area contributed by atoms with Crippen LogP contribution in [-0.2, 0) is 19.1 Å². The highest BCUT2D eigenvalue weighted by Crippen LogP contribution is 2.48. The van der Waals surface area contributed by atoms with Crippen LogP contribution in [0.25, 0.3) is 55.1 Å². The maximum atomic E-state index is 17.0. The van der Waals surface area contributed by atoms with Gasteiger partial charge in [0.2, 0.25) is 18.0 Å². The summed E-state index contributed by atoms with van der Waals surface area (Å²) in [5, 5.41) is 6.74. The predicted molar refractivity (Wildman–Crippen MR) is 264 cm³/mol. The minimum absolute atomic E-state index is 0.175. The topological polar surface area (TPSA) is 202 Å². The highest BCUT2D eigenvalue weighted by atomic mass is 32.1. The number of likely N-dealkylation sites (tertiary alicyclic amines) is 2. The Morgan fingerprint density at radius 1 is 0.722 bits per heavy atom. The number of H-pyrrole nitrogens is 2. The maximum absolute atomic E-state index is 17.0. The van der Waals surface area contributed by atoms with Crippen LogP contribution in [0.2, 0.25) is 0 Å². The highest BCUT2D eigenvalue weighted by molar-refractivity contribution is 7.15. The molecule has 4 N–H and O–H groups in total. The largest absolute Gasteiger partial charge is 0.462 e. The Morgan fingerprint density at radius 2 is 1.29 bits per heavy atom. The van der Waals surface area contributed by atoms with Crippen LogP contribution in [0.5, 0.6) is 5.75 Å². The number of carbonyl (C=O) groups excluding carboxylic acids is 4. The van der Waals surface area contributed by atoms with Crippen molar-refractivity contribution in [2.75, 3.05) is 27.3 Å².